The van der Waals surface area contributed by atoms with Gasteiger partial charge in [0.15, 0.2) is 0 Å². The number of pyridine rings is 1. The first-order chi connectivity index (χ1) is 16.0. The van der Waals surface area contributed by atoms with Crippen LogP contribution in [0.25, 0.3) is 11.3 Å². The van der Waals surface area contributed by atoms with Crippen LogP contribution in [0, 0.1) is 6.92 Å². The summed E-state index contributed by atoms with van der Waals surface area (Å²) in [5, 5.41) is 0.376. The number of hydrogen-bond donors (Lipinski definition) is 1. The molecule has 3 rings (SSSR count). The molecule has 1 N–H and O–H groups in total. The van der Waals surface area contributed by atoms with E-state index in [2.05, 4.69) is 28.5 Å². The lowest BCUT2D eigenvalue weighted by Crippen LogP contribution is -2.19. The van der Waals surface area contributed by atoms with Gasteiger partial charge in [0.1, 0.15) is 11.6 Å². The lowest BCUT2D eigenvalue weighted by atomic mass is 10.0. The maximum Gasteiger partial charge on any atom is 0.324 e. The third-order valence-electron chi connectivity index (χ3n) is 5.21. The maximum atomic E-state index is 12.5. The summed E-state index contributed by atoms with van der Waals surface area (Å²) in [6, 6.07) is 8.60. The molecule has 2 aromatic heterocycles. The molecule has 34 heavy (non-hydrogen) atoms. The molecule has 0 saturated heterocycles. The lowest BCUT2D eigenvalue weighted by molar-refractivity contribution is 0.443. The Balaban J connectivity index is 2.10. The molecule has 0 saturated carbocycles. The van der Waals surface area contributed by atoms with Crippen molar-refractivity contribution >= 4 is 27.4 Å². The zero-order chi connectivity index (χ0) is 25.0. The van der Waals surface area contributed by atoms with Crippen LogP contribution >= 0.6 is 11.6 Å². The molecule has 182 valence electrons. The summed E-state index contributed by atoms with van der Waals surface area (Å²) in [4.78, 5) is 20.9. The molecular formula is C24H29ClN4O4S. The first kappa shape index (κ1) is 25.7. The Bertz CT molecular complexity index is 1330. The quantitative estimate of drug-likeness (QED) is 0.426. The van der Waals surface area contributed by atoms with E-state index in [0.717, 1.165) is 12.0 Å². The maximum absolute atomic E-state index is 12.5. The molecule has 1 aromatic carbocycles. The number of benzene rings is 1. The normalized spacial score (nSPS) is 11.6. The number of nitrogens with zero attached hydrogens (tertiary/aromatic N) is 3. The van der Waals surface area contributed by atoms with E-state index < -0.39 is 10.0 Å². The van der Waals surface area contributed by atoms with Crippen LogP contribution in [-0.4, -0.2) is 28.7 Å². The van der Waals surface area contributed by atoms with Crippen LogP contribution in [-0.2, 0) is 17.1 Å². The van der Waals surface area contributed by atoms with E-state index in [1.807, 2.05) is 19.1 Å². The molecule has 8 nitrogen and oxygen atoms in total. The number of hydrogen-bond acceptors (Lipinski definition) is 6. The Labute approximate surface area is 205 Å². The largest absolute Gasteiger partial charge is 0.423 e. The Hall–Kier alpha value is -2.91. The number of aryl methyl sites for hydroxylation is 2. The van der Waals surface area contributed by atoms with E-state index in [9.17, 15) is 13.2 Å². The summed E-state index contributed by atoms with van der Waals surface area (Å²) in [5.74, 6) is 0.654. The fourth-order valence-electron chi connectivity index (χ4n) is 3.29. The van der Waals surface area contributed by atoms with Gasteiger partial charge in [0.25, 0.3) is 5.56 Å². The van der Waals surface area contributed by atoms with Crippen LogP contribution in [0.5, 0.6) is 11.8 Å². The molecule has 2 heterocycles. The van der Waals surface area contributed by atoms with Crippen molar-refractivity contribution in [2.45, 2.75) is 46.5 Å². The van der Waals surface area contributed by atoms with Gasteiger partial charge in [-0.3, -0.25) is 9.52 Å². The van der Waals surface area contributed by atoms with E-state index >= 15 is 0 Å². The van der Waals surface area contributed by atoms with Crippen LogP contribution < -0.4 is 15.0 Å². The Morgan fingerprint density at radius 2 is 1.91 bits per heavy atom. The second kappa shape index (κ2) is 10.6. The fourth-order valence-corrected chi connectivity index (χ4v) is 4.64. The minimum atomic E-state index is -3.61. The van der Waals surface area contributed by atoms with E-state index in [4.69, 9.17) is 16.3 Å². The molecule has 0 aliphatic rings. The van der Waals surface area contributed by atoms with Crippen LogP contribution in [0.15, 0.2) is 41.3 Å². The zero-order valence-electron chi connectivity index (χ0n) is 19.9. The molecule has 3 aromatic rings. The summed E-state index contributed by atoms with van der Waals surface area (Å²) in [7, 11) is -1.97. The lowest BCUT2D eigenvalue weighted by Gasteiger charge is -2.14. The van der Waals surface area contributed by atoms with Crippen LogP contribution in [0.3, 0.4) is 0 Å². The summed E-state index contributed by atoms with van der Waals surface area (Å²) in [6.45, 7) is 7.72. The van der Waals surface area contributed by atoms with Crippen molar-refractivity contribution in [2.24, 2.45) is 7.05 Å². The van der Waals surface area contributed by atoms with Crippen molar-refractivity contribution in [3.05, 3.63) is 63.0 Å². The molecule has 0 bridgehead atoms. The molecule has 0 spiro atoms. The fraction of sp³-hybridized carbons (Fsp3) is 0.375. The van der Waals surface area contributed by atoms with Crippen LogP contribution in [0.4, 0.5) is 5.82 Å². The monoisotopic (exact) mass is 504 g/mol. The van der Waals surface area contributed by atoms with Gasteiger partial charge < -0.3 is 9.30 Å². The number of rotatable bonds is 9. The standard InChI is InChI=1S/C24H29ClN4O4S/c1-6-7-10-34(31,32)28-22-13-20(18-11-16(4)23(30)29(5)14-18)26-24(27-22)33-21-12-17(15(2)3)8-9-19(21)25/h8-9,11-15H,6-7,10H2,1-5H3,(H,26,27,28). The summed E-state index contributed by atoms with van der Waals surface area (Å²) in [6.07, 6.45) is 2.89. The third-order valence-corrected chi connectivity index (χ3v) is 6.87. The van der Waals surface area contributed by atoms with Crippen molar-refractivity contribution in [3.63, 3.8) is 0 Å². The van der Waals surface area contributed by atoms with E-state index in [1.54, 1.807) is 32.3 Å². The minimum absolute atomic E-state index is 0.0275. The highest BCUT2D eigenvalue weighted by Gasteiger charge is 2.17. The van der Waals surface area contributed by atoms with Gasteiger partial charge in [-0.05, 0) is 43.0 Å². The zero-order valence-corrected chi connectivity index (χ0v) is 21.5. The van der Waals surface area contributed by atoms with Crippen molar-refractivity contribution in [1.29, 1.82) is 0 Å². The number of unbranched alkanes of at least 4 members (excludes halogenated alkanes) is 1. The van der Waals surface area contributed by atoms with Gasteiger partial charge in [0.2, 0.25) is 10.0 Å². The van der Waals surface area contributed by atoms with Gasteiger partial charge >= 0.3 is 6.01 Å². The minimum Gasteiger partial charge on any atom is -0.423 e. The molecule has 0 atom stereocenters. The second-order valence-electron chi connectivity index (χ2n) is 8.47. The Kier molecular flexibility index (Phi) is 7.99. The SMILES string of the molecule is CCCCS(=O)(=O)Nc1cc(-c2cc(C)c(=O)n(C)c2)nc(Oc2cc(C(C)C)ccc2Cl)n1. The van der Waals surface area contributed by atoms with Crippen molar-refractivity contribution in [3.8, 4) is 23.0 Å². The van der Waals surface area contributed by atoms with Gasteiger partial charge in [0.05, 0.1) is 16.5 Å². The van der Waals surface area contributed by atoms with E-state index in [0.29, 0.717) is 34.0 Å². The van der Waals surface area contributed by atoms with Gasteiger partial charge in [-0.15, -0.1) is 0 Å². The summed E-state index contributed by atoms with van der Waals surface area (Å²) >= 11 is 6.34. The second-order valence-corrected chi connectivity index (χ2v) is 10.7. The number of halogens is 1. The van der Waals surface area contributed by atoms with E-state index in [1.165, 1.54) is 10.6 Å². The predicted molar refractivity (Wildman–Crippen MR) is 135 cm³/mol. The molecule has 0 amide bonds. The molecule has 0 radical (unpaired) electrons. The van der Waals surface area contributed by atoms with Crippen LogP contribution in [0.1, 0.15) is 50.7 Å². The van der Waals surface area contributed by atoms with Gasteiger partial charge in [-0.25, -0.2) is 8.42 Å². The van der Waals surface area contributed by atoms with Gasteiger partial charge in [0, 0.05) is 30.4 Å². The third kappa shape index (κ3) is 6.36. The van der Waals surface area contributed by atoms with E-state index in [-0.39, 0.29) is 29.1 Å². The summed E-state index contributed by atoms with van der Waals surface area (Å²) < 4.78 is 34.9. The van der Waals surface area contributed by atoms with Crippen molar-refractivity contribution in [2.75, 3.05) is 10.5 Å². The predicted octanol–water partition coefficient (Wildman–Crippen LogP) is 5.26. The number of nitrogens with one attached hydrogen (secondary N) is 1. The van der Waals surface area contributed by atoms with Gasteiger partial charge in [-0.1, -0.05) is 44.9 Å². The Morgan fingerprint density at radius 1 is 1.18 bits per heavy atom. The first-order valence-electron chi connectivity index (χ1n) is 11.0. The number of sulfonamides is 1. The molecule has 0 aliphatic heterocycles. The highest BCUT2D eigenvalue weighted by Crippen LogP contribution is 2.33. The van der Waals surface area contributed by atoms with Gasteiger partial charge in [-0.2, -0.15) is 9.97 Å². The highest BCUT2D eigenvalue weighted by molar-refractivity contribution is 7.92. The molecular weight excluding hydrogens is 476 g/mol. The molecule has 0 fully saturated rings. The molecule has 0 unspecified atom stereocenters. The topological polar surface area (TPSA) is 103 Å². The average Bonchev–Trinajstić information content (AvgIpc) is 2.76. The average molecular weight is 505 g/mol. The number of ether oxygens (including phenoxy) is 1. The smallest absolute Gasteiger partial charge is 0.324 e. The van der Waals surface area contributed by atoms with Crippen LogP contribution in [0.2, 0.25) is 5.02 Å². The molecule has 0 aliphatic carbocycles. The first-order valence-corrected chi connectivity index (χ1v) is 13.1. The number of aromatic nitrogens is 3. The number of anilines is 1. The van der Waals surface area contributed by atoms with Crippen molar-refractivity contribution < 1.29 is 13.2 Å². The summed E-state index contributed by atoms with van der Waals surface area (Å²) in [5.41, 5.74) is 2.42. The Morgan fingerprint density at radius 3 is 2.56 bits per heavy atom. The molecule has 10 heteroatoms. The van der Waals surface area contributed by atoms with Crippen molar-refractivity contribution in [1.82, 2.24) is 14.5 Å². The highest BCUT2D eigenvalue weighted by atomic mass is 35.5.